The van der Waals surface area contributed by atoms with E-state index in [1.165, 1.54) is 16.9 Å². The molecule has 2 aromatic rings. The molecule has 1 atom stereocenters. The quantitative estimate of drug-likeness (QED) is 0.764. The Morgan fingerprint density at radius 2 is 1.88 bits per heavy atom. The standard InChI is InChI=1S/C19H23Cl2N3OS/c1-14(17-7-8-18(21)26-17)22-19(25)24-10-2-9-23(11-12-24)13-15-3-5-16(20)6-4-15/h3-8,14H,2,9-13H2,1H3,(H,22,25). The third-order valence-corrected chi connectivity index (χ3v) is 6.22. The van der Waals surface area contributed by atoms with Crippen molar-refractivity contribution in [1.29, 1.82) is 0 Å². The van der Waals surface area contributed by atoms with E-state index in [2.05, 4.69) is 22.3 Å². The highest BCUT2D eigenvalue weighted by Crippen LogP contribution is 2.26. The van der Waals surface area contributed by atoms with Crippen molar-refractivity contribution >= 4 is 40.6 Å². The maximum atomic E-state index is 12.6. The van der Waals surface area contributed by atoms with E-state index in [0.29, 0.717) is 0 Å². The van der Waals surface area contributed by atoms with Crippen LogP contribution in [0.3, 0.4) is 0 Å². The third-order valence-electron chi connectivity index (χ3n) is 4.56. The van der Waals surface area contributed by atoms with Crippen molar-refractivity contribution < 1.29 is 4.79 Å². The molecule has 3 rings (SSSR count). The molecule has 0 bridgehead atoms. The number of urea groups is 1. The summed E-state index contributed by atoms with van der Waals surface area (Å²) in [6, 6.07) is 11.8. The highest BCUT2D eigenvalue weighted by molar-refractivity contribution is 7.16. The first kappa shape index (κ1) is 19.5. The Kier molecular flexibility index (Phi) is 6.81. The molecule has 26 heavy (non-hydrogen) atoms. The van der Waals surface area contributed by atoms with Crippen LogP contribution in [0.25, 0.3) is 0 Å². The molecule has 1 aliphatic heterocycles. The summed E-state index contributed by atoms with van der Waals surface area (Å²) in [5, 5.41) is 3.84. The predicted molar refractivity (Wildman–Crippen MR) is 109 cm³/mol. The van der Waals surface area contributed by atoms with Crippen LogP contribution in [-0.4, -0.2) is 42.0 Å². The van der Waals surface area contributed by atoms with Crippen LogP contribution in [0.5, 0.6) is 0 Å². The summed E-state index contributed by atoms with van der Waals surface area (Å²) in [6.07, 6.45) is 0.972. The van der Waals surface area contributed by atoms with Gasteiger partial charge in [-0.1, -0.05) is 35.3 Å². The predicted octanol–water partition coefficient (Wildman–Crippen LogP) is 5.03. The highest BCUT2D eigenvalue weighted by Gasteiger charge is 2.21. The smallest absolute Gasteiger partial charge is 0.317 e. The molecule has 1 N–H and O–H groups in total. The van der Waals surface area contributed by atoms with E-state index in [4.69, 9.17) is 23.2 Å². The van der Waals surface area contributed by atoms with E-state index in [-0.39, 0.29) is 12.1 Å². The van der Waals surface area contributed by atoms with Gasteiger partial charge in [-0.15, -0.1) is 11.3 Å². The number of amides is 2. The average Bonchev–Trinajstić information content (AvgIpc) is 2.92. The molecule has 1 aromatic carbocycles. The molecular formula is C19H23Cl2N3OS. The van der Waals surface area contributed by atoms with Gasteiger partial charge in [0.1, 0.15) is 0 Å². The number of benzene rings is 1. The van der Waals surface area contributed by atoms with Gasteiger partial charge < -0.3 is 10.2 Å². The molecule has 4 nitrogen and oxygen atoms in total. The largest absolute Gasteiger partial charge is 0.331 e. The van der Waals surface area contributed by atoms with Gasteiger partial charge in [-0.25, -0.2) is 4.79 Å². The Morgan fingerprint density at radius 1 is 1.12 bits per heavy atom. The fourth-order valence-electron chi connectivity index (χ4n) is 3.09. The van der Waals surface area contributed by atoms with Crippen molar-refractivity contribution in [3.05, 3.63) is 56.2 Å². The Bertz CT molecular complexity index is 735. The highest BCUT2D eigenvalue weighted by atomic mass is 35.5. The minimum Gasteiger partial charge on any atom is -0.331 e. The molecule has 0 radical (unpaired) electrons. The molecular weight excluding hydrogens is 389 g/mol. The second kappa shape index (κ2) is 9.09. The van der Waals surface area contributed by atoms with Crippen LogP contribution in [-0.2, 0) is 6.54 Å². The van der Waals surface area contributed by atoms with E-state index in [9.17, 15) is 4.79 Å². The van der Waals surface area contributed by atoms with Crippen LogP contribution in [0.1, 0.15) is 29.8 Å². The molecule has 1 fully saturated rings. The molecule has 1 saturated heterocycles. The van der Waals surface area contributed by atoms with E-state index in [1.54, 1.807) is 0 Å². The SMILES string of the molecule is CC(NC(=O)N1CCCN(Cc2ccc(Cl)cc2)CC1)c1ccc(Cl)s1. The van der Waals surface area contributed by atoms with Gasteiger partial charge in [-0.05, 0) is 43.2 Å². The molecule has 1 aliphatic rings. The molecule has 140 valence electrons. The number of halogens is 2. The van der Waals surface area contributed by atoms with Gasteiger partial charge in [0.25, 0.3) is 0 Å². The van der Waals surface area contributed by atoms with Crippen molar-refractivity contribution in [2.24, 2.45) is 0 Å². The Balaban J connectivity index is 1.51. The molecule has 0 aliphatic carbocycles. The van der Waals surface area contributed by atoms with Crippen molar-refractivity contribution in [3.63, 3.8) is 0 Å². The number of rotatable bonds is 4. The van der Waals surface area contributed by atoms with E-state index >= 15 is 0 Å². The first-order valence-electron chi connectivity index (χ1n) is 8.79. The van der Waals surface area contributed by atoms with Gasteiger partial charge in [0.05, 0.1) is 10.4 Å². The van der Waals surface area contributed by atoms with E-state index < -0.39 is 0 Å². The Labute approximate surface area is 168 Å². The van der Waals surface area contributed by atoms with Crippen LogP contribution in [0.2, 0.25) is 9.36 Å². The summed E-state index contributed by atoms with van der Waals surface area (Å²) in [4.78, 5) is 18.0. The van der Waals surface area contributed by atoms with Gasteiger partial charge >= 0.3 is 6.03 Å². The van der Waals surface area contributed by atoms with Gasteiger partial charge in [0, 0.05) is 42.6 Å². The third kappa shape index (κ3) is 5.36. The minimum atomic E-state index is -0.0339. The lowest BCUT2D eigenvalue weighted by molar-refractivity contribution is 0.194. The monoisotopic (exact) mass is 411 g/mol. The first-order chi connectivity index (χ1) is 12.5. The average molecular weight is 412 g/mol. The number of carbonyl (C=O) groups is 1. The number of carbonyl (C=O) groups excluding carboxylic acids is 1. The van der Waals surface area contributed by atoms with Gasteiger partial charge in [-0.3, -0.25) is 4.90 Å². The summed E-state index contributed by atoms with van der Waals surface area (Å²) in [6.45, 7) is 6.25. The second-order valence-corrected chi connectivity index (χ2v) is 8.74. The molecule has 1 unspecified atom stereocenters. The number of nitrogens with zero attached hydrogens (tertiary/aromatic N) is 2. The summed E-state index contributed by atoms with van der Waals surface area (Å²) >= 11 is 13.4. The van der Waals surface area contributed by atoms with Crippen LogP contribution in [0.4, 0.5) is 4.79 Å². The topological polar surface area (TPSA) is 35.6 Å². The summed E-state index contributed by atoms with van der Waals surface area (Å²) in [7, 11) is 0. The van der Waals surface area contributed by atoms with Crippen molar-refractivity contribution in [3.8, 4) is 0 Å². The second-order valence-electron chi connectivity index (χ2n) is 6.56. The summed E-state index contributed by atoms with van der Waals surface area (Å²) < 4.78 is 0.744. The zero-order valence-corrected chi connectivity index (χ0v) is 17.1. The molecule has 1 aromatic heterocycles. The van der Waals surface area contributed by atoms with E-state index in [1.807, 2.05) is 36.1 Å². The van der Waals surface area contributed by atoms with E-state index in [0.717, 1.165) is 53.4 Å². The number of hydrogen-bond acceptors (Lipinski definition) is 3. The van der Waals surface area contributed by atoms with Crippen LogP contribution < -0.4 is 5.32 Å². The van der Waals surface area contributed by atoms with Crippen LogP contribution in [0.15, 0.2) is 36.4 Å². The lowest BCUT2D eigenvalue weighted by Gasteiger charge is -2.24. The summed E-state index contributed by atoms with van der Waals surface area (Å²) in [5.74, 6) is 0. The fourth-order valence-corrected chi connectivity index (χ4v) is 4.28. The maximum Gasteiger partial charge on any atom is 0.317 e. The van der Waals surface area contributed by atoms with Crippen molar-refractivity contribution in [2.75, 3.05) is 26.2 Å². The first-order valence-corrected chi connectivity index (χ1v) is 10.4. The Hall–Kier alpha value is -1.27. The molecule has 2 heterocycles. The van der Waals surface area contributed by atoms with Crippen LogP contribution in [0, 0.1) is 0 Å². The van der Waals surface area contributed by atoms with Crippen molar-refractivity contribution in [2.45, 2.75) is 25.9 Å². The molecule has 0 spiro atoms. The number of thiophene rings is 1. The van der Waals surface area contributed by atoms with Gasteiger partial charge in [0.15, 0.2) is 0 Å². The zero-order chi connectivity index (χ0) is 18.5. The zero-order valence-electron chi connectivity index (χ0n) is 14.8. The lowest BCUT2D eigenvalue weighted by Crippen LogP contribution is -2.42. The molecule has 2 amide bonds. The van der Waals surface area contributed by atoms with Crippen molar-refractivity contribution in [1.82, 2.24) is 15.1 Å². The molecule has 0 saturated carbocycles. The Morgan fingerprint density at radius 3 is 2.58 bits per heavy atom. The number of nitrogens with one attached hydrogen (secondary N) is 1. The lowest BCUT2D eigenvalue weighted by atomic mass is 10.2. The molecule has 7 heteroatoms. The normalized spacial score (nSPS) is 17.0. The maximum absolute atomic E-state index is 12.6. The van der Waals surface area contributed by atoms with Gasteiger partial charge in [-0.2, -0.15) is 0 Å². The summed E-state index contributed by atoms with van der Waals surface area (Å²) in [5.41, 5.74) is 1.25. The number of hydrogen-bond donors (Lipinski definition) is 1. The minimum absolute atomic E-state index is 0.00429. The van der Waals surface area contributed by atoms with Gasteiger partial charge in [0.2, 0.25) is 0 Å². The fraction of sp³-hybridized carbons (Fsp3) is 0.421. The van der Waals surface area contributed by atoms with Crippen LogP contribution >= 0.6 is 34.5 Å².